The van der Waals surface area contributed by atoms with Gasteiger partial charge in [-0.1, -0.05) is 11.6 Å². The number of aliphatic imine (C=N–C) groups is 1. The van der Waals surface area contributed by atoms with Crippen molar-refractivity contribution >= 4 is 34.7 Å². The number of halogens is 1. The van der Waals surface area contributed by atoms with E-state index in [1.165, 1.54) is 0 Å². The molecule has 0 aliphatic heterocycles. The van der Waals surface area contributed by atoms with Crippen LogP contribution in [0.1, 0.15) is 12.5 Å². The maximum atomic E-state index is 12.0. The third kappa shape index (κ3) is 5.22. The zero-order chi connectivity index (χ0) is 18.4. The van der Waals surface area contributed by atoms with Gasteiger partial charge in [-0.25, -0.2) is 0 Å². The van der Waals surface area contributed by atoms with Gasteiger partial charge in [0, 0.05) is 30.5 Å². The molecule has 0 saturated heterocycles. The predicted octanol–water partition coefficient (Wildman–Crippen LogP) is 4.15. The molecule has 0 spiro atoms. The molecule has 1 N–H and O–H groups in total. The molecule has 0 aliphatic carbocycles. The van der Waals surface area contributed by atoms with Gasteiger partial charge >= 0.3 is 0 Å². The largest absolute Gasteiger partial charge is 0.483 e. The summed E-state index contributed by atoms with van der Waals surface area (Å²) in [6.07, 6.45) is 0. The van der Waals surface area contributed by atoms with Crippen molar-refractivity contribution in [1.29, 1.82) is 0 Å². The highest BCUT2D eigenvalue weighted by Crippen LogP contribution is 2.22. The van der Waals surface area contributed by atoms with Gasteiger partial charge in [-0.3, -0.25) is 9.79 Å². The van der Waals surface area contributed by atoms with Gasteiger partial charge in [0.1, 0.15) is 5.75 Å². The van der Waals surface area contributed by atoms with E-state index < -0.39 is 0 Å². The lowest BCUT2D eigenvalue weighted by atomic mass is 10.2. The third-order valence-corrected chi connectivity index (χ3v) is 4.08. The number of aryl methyl sites for hydroxylation is 1. The highest BCUT2D eigenvalue weighted by atomic mass is 35.5. The van der Waals surface area contributed by atoms with E-state index in [0.717, 1.165) is 17.1 Å². The van der Waals surface area contributed by atoms with Crippen LogP contribution >= 0.6 is 11.6 Å². The van der Waals surface area contributed by atoms with Gasteiger partial charge in [0.2, 0.25) is 0 Å². The summed E-state index contributed by atoms with van der Waals surface area (Å²) in [5, 5.41) is 3.46. The normalized spacial score (nSPS) is 11.2. The molecule has 1 amide bonds. The van der Waals surface area contributed by atoms with Gasteiger partial charge in [0.05, 0.1) is 5.84 Å². The summed E-state index contributed by atoms with van der Waals surface area (Å²) in [5.74, 6) is 1.33. The van der Waals surface area contributed by atoms with E-state index in [2.05, 4.69) is 10.3 Å². The fourth-order valence-corrected chi connectivity index (χ4v) is 2.45. The summed E-state index contributed by atoms with van der Waals surface area (Å²) in [7, 11) is 3.70. The fraction of sp³-hybridized carbons (Fsp3) is 0.263. The summed E-state index contributed by atoms with van der Waals surface area (Å²) >= 11 is 5.91. The number of ether oxygens (including phenoxy) is 1. The van der Waals surface area contributed by atoms with Crippen molar-refractivity contribution in [3.8, 4) is 5.75 Å². The Bertz CT molecular complexity index is 773. The molecule has 2 aromatic rings. The average molecular weight is 360 g/mol. The smallest absolute Gasteiger partial charge is 0.262 e. The van der Waals surface area contributed by atoms with Gasteiger partial charge < -0.3 is 15.0 Å². The molecule has 0 saturated carbocycles. The number of nitrogens with zero attached hydrogens (tertiary/aromatic N) is 2. The number of carbonyl (C=O) groups is 1. The first-order chi connectivity index (χ1) is 11.9. The topological polar surface area (TPSA) is 53.9 Å². The molecular weight excluding hydrogens is 338 g/mol. The van der Waals surface area contributed by atoms with E-state index >= 15 is 0 Å². The quantitative estimate of drug-likeness (QED) is 0.644. The fourth-order valence-electron chi connectivity index (χ4n) is 2.22. The lowest BCUT2D eigenvalue weighted by Crippen LogP contribution is -2.23. The van der Waals surface area contributed by atoms with E-state index in [9.17, 15) is 4.79 Å². The minimum Gasteiger partial charge on any atom is -0.483 e. The van der Waals surface area contributed by atoms with Crippen LogP contribution in [0.3, 0.4) is 0 Å². The van der Waals surface area contributed by atoms with Crippen molar-refractivity contribution in [2.45, 2.75) is 13.8 Å². The van der Waals surface area contributed by atoms with Crippen LogP contribution in [0.4, 0.5) is 11.4 Å². The van der Waals surface area contributed by atoms with Crippen molar-refractivity contribution in [2.24, 2.45) is 4.99 Å². The minimum atomic E-state index is -0.221. The molecule has 0 radical (unpaired) electrons. The van der Waals surface area contributed by atoms with Crippen LogP contribution in [-0.2, 0) is 4.79 Å². The van der Waals surface area contributed by atoms with Gasteiger partial charge in [0.15, 0.2) is 6.61 Å². The van der Waals surface area contributed by atoms with E-state index in [-0.39, 0.29) is 12.5 Å². The molecule has 0 atom stereocenters. The second-order valence-electron chi connectivity index (χ2n) is 5.62. The summed E-state index contributed by atoms with van der Waals surface area (Å²) in [5.41, 5.74) is 2.60. The Morgan fingerprint density at radius 3 is 2.52 bits per heavy atom. The van der Waals surface area contributed by atoms with E-state index in [4.69, 9.17) is 16.3 Å². The zero-order valence-electron chi connectivity index (χ0n) is 14.8. The number of nitrogens with one attached hydrogen (secondary N) is 1. The number of anilines is 2. The van der Waals surface area contributed by atoms with Gasteiger partial charge in [-0.2, -0.15) is 0 Å². The van der Waals surface area contributed by atoms with Crippen molar-refractivity contribution in [3.05, 3.63) is 53.1 Å². The van der Waals surface area contributed by atoms with E-state index in [1.807, 2.05) is 50.1 Å². The molecular formula is C19H22ClN3O2. The molecule has 0 aliphatic rings. The van der Waals surface area contributed by atoms with Gasteiger partial charge in [-0.15, -0.1) is 0 Å². The molecule has 25 heavy (non-hydrogen) atoms. The van der Waals surface area contributed by atoms with E-state index in [0.29, 0.717) is 16.5 Å². The number of carbonyl (C=O) groups excluding carboxylic acids is 1. The van der Waals surface area contributed by atoms with Crippen LogP contribution in [0, 0.1) is 6.92 Å². The summed E-state index contributed by atoms with van der Waals surface area (Å²) in [6, 6.07) is 12.8. The molecule has 0 bridgehead atoms. The number of amidine groups is 1. The first-order valence-electron chi connectivity index (χ1n) is 7.86. The van der Waals surface area contributed by atoms with Gasteiger partial charge in [-0.05, 0) is 61.9 Å². The zero-order valence-corrected chi connectivity index (χ0v) is 15.6. The standard InChI is InChI=1S/C19H22ClN3O2/c1-13-11-15(20)5-10-18(13)25-12-19(24)22-16-6-8-17(9-7-16)23(4)14(2)21-3/h5-11H,12H2,1-4H3,(H,22,24). The average Bonchev–Trinajstić information content (AvgIpc) is 2.60. The van der Waals surface area contributed by atoms with Crippen LogP contribution < -0.4 is 15.0 Å². The first kappa shape index (κ1) is 18.8. The molecule has 2 aromatic carbocycles. The van der Waals surface area contributed by atoms with Crippen molar-refractivity contribution in [3.63, 3.8) is 0 Å². The Labute approximate surface area is 153 Å². The Hall–Kier alpha value is -2.53. The van der Waals surface area contributed by atoms with Crippen LogP contribution in [0.15, 0.2) is 47.5 Å². The lowest BCUT2D eigenvalue weighted by Gasteiger charge is -2.18. The maximum Gasteiger partial charge on any atom is 0.262 e. The number of hydrogen-bond acceptors (Lipinski definition) is 3. The van der Waals surface area contributed by atoms with Crippen LogP contribution in [0.25, 0.3) is 0 Å². The lowest BCUT2D eigenvalue weighted by molar-refractivity contribution is -0.118. The highest BCUT2D eigenvalue weighted by Gasteiger charge is 2.07. The molecule has 0 heterocycles. The molecule has 5 nitrogen and oxygen atoms in total. The second kappa shape index (κ2) is 8.53. The number of benzene rings is 2. The molecule has 0 aromatic heterocycles. The Morgan fingerprint density at radius 2 is 1.92 bits per heavy atom. The first-order valence-corrected chi connectivity index (χ1v) is 8.24. The van der Waals surface area contributed by atoms with E-state index in [1.54, 1.807) is 25.2 Å². The third-order valence-electron chi connectivity index (χ3n) is 3.84. The van der Waals surface area contributed by atoms with Crippen molar-refractivity contribution in [2.75, 3.05) is 30.9 Å². The molecule has 6 heteroatoms. The number of hydrogen-bond donors (Lipinski definition) is 1. The summed E-state index contributed by atoms with van der Waals surface area (Å²) < 4.78 is 5.54. The van der Waals surface area contributed by atoms with Crippen molar-refractivity contribution in [1.82, 2.24) is 0 Å². The minimum absolute atomic E-state index is 0.0638. The SMILES string of the molecule is CN=C(C)N(C)c1ccc(NC(=O)COc2ccc(Cl)cc2C)cc1. The summed E-state index contributed by atoms with van der Waals surface area (Å²) in [6.45, 7) is 3.76. The van der Waals surface area contributed by atoms with Crippen LogP contribution in [-0.4, -0.2) is 32.4 Å². The summed E-state index contributed by atoms with van der Waals surface area (Å²) in [4.78, 5) is 18.2. The Balaban J connectivity index is 1.92. The highest BCUT2D eigenvalue weighted by molar-refractivity contribution is 6.30. The predicted molar refractivity (Wildman–Crippen MR) is 104 cm³/mol. The second-order valence-corrected chi connectivity index (χ2v) is 6.06. The van der Waals surface area contributed by atoms with Crippen molar-refractivity contribution < 1.29 is 9.53 Å². The van der Waals surface area contributed by atoms with Crippen LogP contribution in [0.5, 0.6) is 5.75 Å². The maximum absolute atomic E-state index is 12.0. The molecule has 132 valence electrons. The van der Waals surface area contributed by atoms with Crippen LogP contribution in [0.2, 0.25) is 5.02 Å². The Morgan fingerprint density at radius 1 is 1.24 bits per heavy atom. The monoisotopic (exact) mass is 359 g/mol. The molecule has 2 rings (SSSR count). The molecule has 0 fully saturated rings. The number of amides is 1. The Kier molecular flexibility index (Phi) is 6.42. The number of rotatable bonds is 5. The van der Waals surface area contributed by atoms with Gasteiger partial charge in [0.25, 0.3) is 5.91 Å². The molecule has 0 unspecified atom stereocenters.